The summed E-state index contributed by atoms with van der Waals surface area (Å²) >= 11 is 0. The Hall–Kier alpha value is -1.49. The van der Waals surface area contributed by atoms with Gasteiger partial charge < -0.3 is 9.47 Å². The molecule has 0 bridgehead atoms. The highest BCUT2D eigenvalue weighted by Crippen LogP contribution is 2.11. The van der Waals surface area contributed by atoms with Crippen LogP contribution in [-0.4, -0.2) is 45.3 Å². The summed E-state index contributed by atoms with van der Waals surface area (Å²) in [5.41, 5.74) is 0.514. The first kappa shape index (κ1) is 10.6. The lowest BCUT2D eigenvalue weighted by Gasteiger charge is -2.11. The molecule has 0 aromatic heterocycles. The first-order chi connectivity index (χ1) is 6.70. The van der Waals surface area contributed by atoms with Gasteiger partial charge in [0.15, 0.2) is 5.78 Å². The van der Waals surface area contributed by atoms with Gasteiger partial charge in [0.25, 0.3) is 0 Å². The molecule has 0 spiro atoms. The number of ether oxygens (including phenoxy) is 2. The third kappa shape index (κ3) is 2.05. The van der Waals surface area contributed by atoms with Crippen molar-refractivity contribution < 1.29 is 19.1 Å². The van der Waals surface area contributed by atoms with Crippen LogP contribution in [0.5, 0.6) is 0 Å². The Kier molecular flexibility index (Phi) is 3.53. The number of methoxy groups -OCH3 is 2. The minimum Gasteiger partial charge on any atom is -0.465 e. The molecule has 5 heteroatoms. The zero-order chi connectivity index (χ0) is 10.6. The van der Waals surface area contributed by atoms with E-state index in [-0.39, 0.29) is 24.5 Å². The van der Waals surface area contributed by atoms with Gasteiger partial charge >= 0.3 is 5.97 Å². The van der Waals surface area contributed by atoms with E-state index in [1.807, 2.05) is 0 Å². The van der Waals surface area contributed by atoms with Crippen LogP contribution in [0.25, 0.3) is 0 Å². The number of Topliss-reactive ketones (excluding diaryl/α,β-unsaturated/α-hetero) is 1. The molecule has 0 saturated carbocycles. The van der Waals surface area contributed by atoms with Gasteiger partial charge in [-0.05, 0) is 0 Å². The molecule has 14 heavy (non-hydrogen) atoms. The van der Waals surface area contributed by atoms with Gasteiger partial charge in [-0.1, -0.05) is 0 Å². The molecule has 1 heterocycles. The van der Waals surface area contributed by atoms with Crippen molar-refractivity contribution in [3.05, 3.63) is 11.1 Å². The number of dihydropyridines is 1. The first-order valence-electron chi connectivity index (χ1n) is 4.04. The molecule has 0 aliphatic carbocycles. The Balaban J connectivity index is 3.04. The van der Waals surface area contributed by atoms with E-state index in [1.165, 1.54) is 20.4 Å². The molecule has 0 radical (unpaired) electrons. The van der Waals surface area contributed by atoms with Crippen LogP contribution in [0.2, 0.25) is 0 Å². The van der Waals surface area contributed by atoms with Gasteiger partial charge in [0.1, 0.15) is 12.1 Å². The molecule has 0 atom stereocenters. The summed E-state index contributed by atoms with van der Waals surface area (Å²) in [4.78, 5) is 26.4. The van der Waals surface area contributed by atoms with Gasteiger partial charge in [-0.2, -0.15) is 0 Å². The standard InChI is InChI=1S/C9H11NO4/c1-13-5-6-3-10-4-7(11)8(6)9(12)14-2/h3H,4-5H2,1-2H3. The van der Waals surface area contributed by atoms with E-state index in [4.69, 9.17) is 4.74 Å². The predicted molar refractivity (Wildman–Crippen MR) is 49.3 cm³/mol. The summed E-state index contributed by atoms with van der Waals surface area (Å²) in [7, 11) is 2.72. The molecule has 1 aliphatic rings. The van der Waals surface area contributed by atoms with Crippen LogP contribution in [0.3, 0.4) is 0 Å². The van der Waals surface area contributed by atoms with Crippen LogP contribution in [0.15, 0.2) is 16.1 Å². The number of esters is 1. The Morgan fingerprint density at radius 3 is 2.86 bits per heavy atom. The number of nitrogens with zero attached hydrogens (tertiary/aromatic N) is 1. The van der Waals surface area contributed by atoms with Crippen LogP contribution in [0, 0.1) is 0 Å². The highest BCUT2D eigenvalue weighted by atomic mass is 16.5. The monoisotopic (exact) mass is 197 g/mol. The highest BCUT2D eigenvalue weighted by Gasteiger charge is 2.24. The first-order valence-corrected chi connectivity index (χ1v) is 4.04. The molecule has 0 unspecified atom stereocenters. The zero-order valence-corrected chi connectivity index (χ0v) is 8.07. The van der Waals surface area contributed by atoms with E-state index in [9.17, 15) is 9.59 Å². The smallest absolute Gasteiger partial charge is 0.341 e. The van der Waals surface area contributed by atoms with Crippen LogP contribution >= 0.6 is 0 Å². The molecule has 0 saturated heterocycles. The molecule has 0 aromatic carbocycles. The van der Waals surface area contributed by atoms with E-state index >= 15 is 0 Å². The number of rotatable bonds is 3. The fraction of sp³-hybridized carbons (Fsp3) is 0.444. The lowest BCUT2D eigenvalue weighted by Crippen LogP contribution is -2.24. The largest absolute Gasteiger partial charge is 0.465 e. The quantitative estimate of drug-likeness (QED) is 0.462. The topological polar surface area (TPSA) is 65.0 Å². The van der Waals surface area contributed by atoms with E-state index < -0.39 is 5.97 Å². The van der Waals surface area contributed by atoms with Gasteiger partial charge in [-0.3, -0.25) is 9.79 Å². The van der Waals surface area contributed by atoms with Crippen molar-refractivity contribution >= 4 is 18.0 Å². The summed E-state index contributed by atoms with van der Waals surface area (Å²) in [6, 6.07) is 0. The van der Waals surface area contributed by atoms with E-state index in [0.29, 0.717) is 5.57 Å². The number of carbonyl (C=O) groups excluding carboxylic acids is 2. The van der Waals surface area contributed by atoms with E-state index in [0.717, 1.165) is 0 Å². The lowest BCUT2D eigenvalue weighted by molar-refractivity contribution is -0.137. The molecule has 1 rings (SSSR count). The van der Waals surface area contributed by atoms with E-state index in [2.05, 4.69) is 9.73 Å². The predicted octanol–water partition coefficient (Wildman–Crippen LogP) is -0.244. The van der Waals surface area contributed by atoms with Crippen molar-refractivity contribution in [1.29, 1.82) is 0 Å². The maximum atomic E-state index is 11.4. The maximum absolute atomic E-state index is 11.4. The highest BCUT2D eigenvalue weighted by molar-refractivity contribution is 6.23. The van der Waals surface area contributed by atoms with Crippen molar-refractivity contribution in [2.24, 2.45) is 4.99 Å². The van der Waals surface area contributed by atoms with Crippen LogP contribution in [-0.2, 0) is 19.1 Å². The minimum atomic E-state index is -0.631. The third-order valence-corrected chi connectivity index (χ3v) is 1.77. The normalized spacial score (nSPS) is 16.0. The third-order valence-electron chi connectivity index (χ3n) is 1.77. The van der Waals surface area contributed by atoms with Crippen LogP contribution in [0.4, 0.5) is 0 Å². The second-order valence-corrected chi connectivity index (χ2v) is 2.72. The molecule has 76 valence electrons. The van der Waals surface area contributed by atoms with E-state index in [1.54, 1.807) is 0 Å². The number of hydrogen-bond donors (Lipinski definition) is 0. The molecule has 0 N–H and O–H groups in total. The molecular formula is C9H11NO4. The summed E-state index contributed by atoms with van der Waals surface area (Å²) in [5, 5.41) is 0. The lowest BCUT2D eigenvalue weighted by atomic mass is 10.0. The molecule has 0 fully saturated rings. The Morgan fingerprint density at radius 2 is 2.29 bits per heavy atom. The molecule has 5 nitrogen and oxygen atoms in total. The minimum absolute atomic E-state index is 0.00233. The van der Waals surface area contributed by atoms with Crippen molar-refractivity contribution in [3.8, 4) is 0 Å². The summed E-state index contributed by atoms with van der Waals surface area (Å²) < 4.78 is 9.35. The van der Waals surface area contributed by atoms with Crippen molar-refractivity contribution in [2.45, 2.75) is 0 Å². The molecule has 0 aromatic rings. The second kappa shape index (κ2) is 4.66. The Labute approximate surface area is 81.4 Å². The number of hydrogen-bond acceptors (Lipinski definition) is 5. The van der Waals surface area contributed by atoms with Crippen molar-refractivity contribution in [3.63, 3.8) is 0 Å². The SMILES string of the molecule is COCC1=C(C(=O)OC)C(=O)CN=C1. The van der Waals surface area contributed by atoms with Crippen molar-refractivity contribution in [1.82, 2.24) is 0 Å². The fourth-order valence-corrected chi connectivity index (χ4v) is 1.17. The summed E-state index contributed by atoms with van der Waals surface area (Å²) in [6.45, 7) is 0.178. The summed E-state index contributed by atoms with van der Waals surface area (Å²) in [5.74, 6) is -0.959. The zero-order valence-electron chi connectivity index (χ0n) is 8.07. The van der Waals surface area contributed by atoms with Gasteiger partial charge in [-0.25, -0.2) is 4.79 Å². The fourth-order valence-electron chi connectivity index (χ4n) is 1.17. The van der Waals surface area contributed by atoms with Gasteiger partial charge in [-0.15, -0.1) is 0 Å². The average molecular weight is 197 g/mol. The van der Waals surface area contributed by atoms with Gasteiger partial charge in [0, 0.05) is 18.9 Å². The molecule has 1 aliphatic heterocycles. The van der Waals surface area contributed by atoms with Crippen molar-refractivity contribution in [2.75, 3.05) is 27.4 Å². The number of carbonyl (C=O) groups is 2. The van der Waals surface area contributed by atoms with Gasteiger partial charge in [0.05, 0.1) is 13.7 Å². The van der Waals surface area contributed by atoms with Crippen LogP contribution in [0.1, 0.15) is 0 Å². The van der Waals surface area contributed by atoms with Crippen LogP contribution < -0.4 is 0 Å². The number of ketones is 1. The maximum Gasteiger partial charge on any atom is 0.341 e. The Morgan fingerprint density at radius 1 is 1.57 bits per heavy atom. The second-order valence-electron chi connectivity index (χ2n) is 2.72. The molecular weight excluding hydrogens is 186 g/mol. The van der Waals surface area contributed by atoms with Gasteiger partial charge in [0.2, 0.25) is 0 Å². The molecule has 0 amide bonds. The summed E-state index contributed by atoms with van der Waals surface area (Å²) in [6.07, 6.45) is 1.47. The average Bonchev–Trinajstić information content (AvgIpc) is 2.18. The Bertz CT molecular complexity index is 317. The number of aliphatic imine (C=N–C) groups is 1.